The molecule has 1 aliphatic carbocycles. The Hall–Kier alpha value is -0.100. The molecular formula is C7H10IN3. The number of nitrogens with one attached hydrogen (secondary N) is 2. The zero-order valence-electron chi connectivity index (χ0n) is 6.10. The van der Waals surface area contributed by atoms with Gasteiger partial charge in [-0.25, -0.2) is 0 Å². The van der Waals surface area contributed by atoms with Gasteiger partial charge in [0.15, 0.2) is 0 Å². The molecule has 1 saturated carbocycles. The Morgan fingerprint density at radius 2 is 2.55 bits per heavy atom. The highest BCUT2D eigenvalue weighted by molar-refractivity contribution is 14.1. The van der Waals surface area contributed by atoms with Crippen molar-refractivity contribution >= 4 is 22.9 Å². The zero-order chi connectivity index (χ0) is 7.68. The first-order chi connectivity index (χ1) is 5.40. The van der Waals surface area contributed by atoms with E-state index < -0.39 is 0 Å². The molecule has 1 aromatic rings. The van der Waals surface area contributed by atoms with Crippen molar-refractivity contribution in [2.24, 2.45) is 0 Å². The van der Waals surface area contributed by atoms with E-state index >= 15 is 0 Å². The van der Waals surface area contributed by atoms with Crippen LogP contribution in [0.15, 0.2) is 6.07 Å². The maximum atomic E-state index is 4.23. The van der Waals surface area contributed by atoms with E-state index in [1.807, 2.05) is 0 Å². The summed E-state index contributed by atoms with van der Waals surface area (Å²) in [7, 11) is 0. The Bertz CT molecular complexity index is 242. The number of nitrogens with zero attached hydrogens (tertiary/aromatic N) is 1. The van der Waals surface area contributed by atoms with Crippen molar-refractivity contribution in [2.75, 3.05) is 0 Å². The molecule has 0 saturated heterocycles. The first-order valence-corrected chi connectivity index (χ1v) is 4.85. The Morgan fingerprint density at radius 1 is 1.73 bits per heavy atom. The number of halogens is 1. The molecule has 1 aromatic heterocycles. The molecule has 0 unspecified atom stereocenters. The van der Waals surface area contributed by atoms with Crippen LogP contribution in [0.5, 0.6) is 0 Å². The molecular weight excluding hydrogens is 253 g/mol. The largest absolute Gasteiger partial charge is 0.281 e. The van der Waals surface area contributed by atoms with Gasteiger partial charge in [-0.2, -0.15) is 5.10 Å². The van der Waals surface area contributed by atoms with Gasteiger partial charge in [0, 0.05) is 35.3 Å². The van der Waals surface area contributed by atoms with Gasteiger partial charge in [0.25, 0.3) is 0 Å². The van der Waals surface area contributed by atoms with Crippen molar-refractivity contribution in [1.29, 1.82) is 0 Å². The van der Waals surface area contributed by atoms with Crippen LogP contribution in [0.25, 0.3) is 0 Å². The zero-order valence-corrected chi connectivity index (χ0v) is 8.26. The van der Waals surface area contributed by atoms with Gasteiger partial charge in [-0.3, -0.25) is 8.63 Å². The summed E-state index contributed by atoms with van der Waals surface area (Å²) in [6, 6.07) is 2.16. The SMILES string of the molecule is INCc1cc(C2CC2)n[nH]1. The molecule has 60 valence electrons. The van der Waals surface area contributed by atoms with Crippen LogP contribution in [0, 0.1) is 0 Å². The van der Waals surface area contributed by atoms with Crippen molar-refractivity contribution in [3.63, 3.8) is 0 Å². The molecule has 0 aromatic carbocycles. The quantitative estimate of drug-likeness (QED) is 0.644. The molecule has 0 radical (unpaired) electrons. The summed E-state index contributed by atoms with van der Waals surface area (Å²) in [5.41, 5.74) is 2.42. The Labute approximate surface area is 79.5 Å². The standard InChI is InChI=1S/C7H10IN3/c8-9-4-6-3-7(11-10-6)5-1-2-5/h3,5,9H,1-2,4H2,(H,10,11). The Morgan fingerprint density at radius 3 is 3.18 bits per heavy atom. The molecule has 2 N–H and O–H groups in total. The lowest BCUT2D eigenvalue weighted by Gasteiger charge is -1.88. The molecule has 0 bridgehead atoms. The lowest BCUT2D eigenvalue weighted by Crippen LogP contribution is -1.96. The van der Waals surface area contributed by atoms with Gasteiger partial charge >= 0.3 is 0 Å². The van der Waals surface area contributed by atoms with Crippen molar-refractivity contribution in [3.8, 4) is 0 Å². The van der Waals surface area contributed by atoms with E-state index in [0.717, 1.165) is 12.5 Å². The summed E-state index contributed by atoms with van der Waals surface area (Å²) < 4.78 is 3.06. The third-order valence-electron chi connectivity index (χ3n) is 1.90. The van der Waals surface area contributed by atoms with Crippen LogP contribution >= 0.6 is 22.9 Å². The molecule has 0 aliphatic heterocycles. The molecule has 1 fully saturated rings. The predicted molar refractivity (Wildman–Crippen MR) is 51.4 cm³/mol. The number of H-pyrrole nitrogens is 1. The van der Waals surface area contributed by atoms with Crippen molar-refractivity contribution in [2.45, 2.75) is 25.3 Å². The van der Waals surface area contributed by atoms with Crippen molar-refractivity contribution < 1.29 is 0 Å². The summed E-state index contributed by atoms with van der Waals surface area (Å²) in [6.07, 6.45) is 2.64. The lowest BCUT2D eigenvalue weighted by atomic mass is 10.3. The maximum absolute atomic E-state index is 4.23. The van der Waals surface area contributed by atoms with Crippen LogP contribution in [0.4, 0.5) is 0 Å². The second-order valence-corrected chi connectivity index (χ2v) is 3.67. The highest BCUT2D eigenvalue weighted by Crippen LogP contribution is 2.38. The summed E-state index contributed by atoms with van der Waals surface area (Å²) in [5, 5.41) is 7.24. The van der Waals surface area contributed by atoms with Crippen LogP contribution in [0.3, 0.4) is 0 Å². The van der Waals surface area contributed by atoms with Crippen LogP contribution in [-0.4, -0.2) is 10.2 Å². The summed E-state index contributed by atoms with van der Waals surface area (Å²) in [4.78, 5) is 0. The minimum atomic E-state index is 0.759. The highest BCUT2D eigenvalue weighted by atomic mass is 127. The van der Waals surface area contributed by atoms with Crippen LogP contribution in [-0.2, 0) is 6.54 Å². The third-order valence-corrected chi connectivity index (χ3v) is 2.29. The van der Waals surface area contributed by atoms with Gasteiger partial charge in [-0.05, 0) is 18.9 Å². The molecule has 1 aliphatic rings. The van der Waals surface area contributed by atoms with E-state index in [2.05, 4.69) is 42.7 Å². The minimum absolute atomic E-state index is 0.759. The highest BCUT2D eigenvalue weighted by Gasteiger charge is 2.25. The van der Waals surface area contributed by atoms with Gasteiger partial charge < -0.3 is 0 Å². The summed E-state index contributed by atoms with van der Waals surface area (Å²) in [5.74, 6) is 0.759. The van der Waals surface area contributed by atoms with E-state index in [1.165, 1.54) is 24.2 Å². The lowest BCUT2D eigenvalue weighted by molar-refractivity contribution is 0.901. The van der Waals surface area contributed by atoms with E-state index in [9.17, 15) is 0 Å². The Balaban J connectivity index is 2.06. The van der Waals surface area contributed by atoms with E-state index in [-0.39, 0.29) is 0 Å². The fourth-order valence-electron chi connectivity index (χ4n) is 1.13. The molecule has 0 atom stereocenters. The fourth-order valence-corrected chi connectivity index (χ4v) is 1.54. The second-order valence-electron chi connectivity index (χ2n) is 2.90. The number of rotatable bonds is 3. The van der Waals surface area contributed by atoms with Crippen LogP contribution in [0.2, 0.25) is 0 Å². The van der Waals surface area contributed by atoms with Crippen molar-refractivity contribution in [1.82, 2.24) is 13.7 Å². The molecule has 11 heavy (non-hydrogen) atoms. The van der Waals surface area contributed by atoms with E-state index in [4.69, 9.17) is 0 Å². The first-order valence-electron chi connectivity index (χ1n) is 3.78. The molecule has 3 nitrogen and oxygen atoms in total. The van der Waals surface area contributed by atoms with Gasteiger partial charge in [0.2, 0.25) is 0 Å². The average molecular weight is 263 g/mol. The normalized spacial score (nSPS) is 17.2. The average Bonchev–Trinajstić information content (AvgIpc) is 2.75. The monoisotopic (exact) mass is 263 g/mol. The van der Waals surface area contributed by atoms with Gasteiger partial charge in [0.05, 0.1) is 11.4 Å². The van der Waals surface area contributed by atoms with E-state index in [1.54, 1.807) is 0 Å². The molecule has 4 heteroatoms. The number of hydrogen-bond acceptors (Lipinski definition) is 2. The number of aromatic nitrogens is 2. The minimum Gasteiger partial charge on any atom is -0.281 e. The Kier molecular flexibility index (Phi) is 2.13. The van der Waals surface area contributed by atoms with Crippen LogP contribution < -0.4 is 3.53 Å². The molecule has 0 spiro atoms. The number of aromatic amines is 1. The van der Waals surface area contributed by atoms with Crippen LogP contribution in [0.1, 0.15) is 30.1 Å². The summed E-state index contributed by atoms with van der Waals surface area (Å²) in [6.45, 7) is 0.875. The van der Waals surface area contributed by atoms with Crippen molar-refractivity contribution in [3.05, 3.63) is 17.5 Å². The molecule has 0 amide bonds. The molecule has 1 heterocycles. The third kappa shape index (κ3) is 1.73. The van der Waals surface area contributed by atoms with Gasteiger partial charge in [-0.1, -0.05) is 0 Å². The maximum Gasteiger partial charge on any atom is 0.0656 e. The second kappa shape index (κ2) is 3.10. The number of hydrogen-bond donors (Lipinski definition) is 2. The molecule has 2 rings (SSSR count). The van der Waals surface area contributed by atoms with Gasteiger partial charge in [0.1, 0.15) is 0 Å². The van der Waals surface area contributed by atoms with E-state index in [0.29, 0.717) is 0 Å². The summed E-state index contributed by atoms with van der Waals surface area (Å²) >= 11 is 2.14. The fraction of sp³-hybridized carbons (Fsp3) is 0.571. The topological polar surface area (TPSA) is 40.7 Å². The first kappa shape index (κ1) is 7.54. The van der Waals surface area contributed by atoms with Gasteiger partial charge in [-0.15, -0.1) is 0 Å². The predicted octanol–water partition coefficient (Wildman–Crippen LogP) is 1.73. The smallest absolute Gasteiger partial charge is 0.0656 e.